The van der Waals surface area contributed by atoms with Gasteiger partial charge in [-0.15, -0.1) is 4.68 Å². The summed E-state index contributed by atoms with van der Waals surface area (Å²) in [5.74, 6) is -0.463. The maximum atomic E-state index is 12.8. The highest BCUT2D eigenvalue weighted by Crippen LogP contribution is 2.23. The van der Waals surface area contributed by atoms with E-state index >= 15 is 0 Å². The number of carboxylic acids is 1. The van der Waals surface area contributed by atoms with Crippen molar-refractivity contribution in [2.75, 3.05) is 0 Å². The number of oxazole rings is 1. The second-order valence-electron chi connectivity index (χ2n) is 6.52. The van der Waals surface area contributed by atoms with Crippen LogP contribution in [-0.2, 0) is 6.54 Å². The number of hydrogen-bond donors (Lipinski definition) is 2. The molecule has 2 aromatic carbocycles. The van der Waals surface area contributed by atoms with E-state index in [-0.39, 0.29) is 23.6 Å². The monoisotopic (exact) mass is 416 g/mol. The lowest BCUT2D eigenvalue weighted by Gasteiger charge is -2.07. The molecule has 0 unspecified atom stereocenters. The van der Waals surface area contributed by atoms with Crippen LogP contribution in [0.15, 0.2) is 82.3 Å². The quantitative estimate of drug-likeness (QED) is 0.512. The summed E-state index contributed by atoms with van der Waals surface area (Å²) in [5, 5.41) is 15.3. The molecule has 2 N–H and O–H groups in total. The number of amides is 1. The Morgan fingerprint density at radius 3 is 2.48 bits per heavy atom. The fourth-order valence-electron chi connectivity index (χ4n) is 2.87. The predicted octanol–water partition coefficient (Wildman–Crippen LogP) is 3.02. The molecule has 154 valence electrons. The van der Waals surface area contributed by atoms with Crippen molar-refractivity contribution in [3.8, 4) is 22.8 Å². The summed E-state index contributed by atoms with van der Waals surface area (Å²) < 4.78 is 6.39. The number of aromatic carboxylic acids is 1. The lowest BCUT2D eigenvalue weighted by molar-refractivity contribution is 0.0697. The van der Waals surface area contributed by atoms with Crippen LogP contribution in [-0.4, -0.2) is 31.9 Å². The first kappa shape index (κ1) is 19.8. The second-order valence-corrected chi connectivity index (χ2v) is 6.52. The van der Waals surface area contributed by atoms with Crippen LogP contribution < -0.4 is 10.9 Å². The number of benzene rings is 2. The van der Waals surface area contributed by atoms with Crippen molar-refractivity contribution in [2.24, 2.45) is 0 Å². The molecule has 31 heavy (non-hydrogen) atoms. The second kappa shape index (κ2) is 8.46. The molecule has 0 aliphatic heterocycles. The van der Waals surface area contributed by atoms with Crippen LogP contribution in [0, 0.1) is 0 Å². The van der Waals surface area contributed by atoms with Crippen LogP contribution in [0.4, 0.5) is 4.79 Å². The van der Waals surface area contributed by atoms with E-state index in [1.165, 1.54) is 30.6 Å². The molecule has 2 aromatic heterocycles. The number of rotatable bonds is 5. The third-order valence-electron chi connectivity index (χ3n) is 4.48. The van der Waals surface area contributed by atoms with E-state index in [0.717, 1.165) is 5.56 Å². The smallest absolute Gasteiger partial charge is 0.345 e. The SMILES string of the molecule is O=C(O)c1ccc(CNC(=O)n2nccc(-c3ncc(-c4ccccc4)o3)c2=O)cc1. The summed E-state index contributed by atoms with van der Waals surface area (Å²) in [7, 11) is 0. The van der Waals surface area contributed by atoms with Gasteiger partial charge in [0.15, 0.2) is 5.76 Å². The van der Waals surface area contributed by atoms with E-state index in [1.54, 1.807) is 12.1 Å². The highest BCUT2D eigenvalue weighted by atomic mass is 16.4. The van der Waals surface area contributed by atoms with Gasteiger partial charge in [-0.05, 0) is 23.8 Å². The highest BCUT2D eigenvalue weighted by molar-refractivity contribution is 5.87. The van der Waals surface area contributed by atoms with Crippen molar-refractivity contribution in [2.45, 2.75) is 6.54 Å². The molecule has 4 aromatic rings. The van der Waals surface area contributed by atoms with Gasteiger partial charge in [-0.3, -0.25) is 4.79 Å². The van der Waals surface area contributed by atoms with Crippen LogP contribution >= 0.6 is 0 Å². The Hall–Kier alpha value is -4.53. The van der Waals surface area contributed by atoms with Gasteiger partial charge in [0.2, 0.25) is 5.89 Å². The van der Waals surface area contributed by atoms with Gasteiger partial charge in [0.1, 0.15) is 5.56 Å². The Balaban J connectivity index is 1.52. The summed E-state index contributed by atoms with van der Waals surface area (Å²) in [6, 6.07) is 16.0. The van der Waals surface area contributed by atoms with Gasteiger partial charge < -0.3 is 14.8 Å². The fraction of sp³-hybridized carbons (Fsp3) is 0.0455. The summed E-state index contributed by atoms with van der Waals surface area (Å²) in [6.07, 6.45) is 2.82. The summed E-state index contributed by atoms with van der Waals surface area (Å²) in [6.45, 7) is 0.0915. The molecular formula is C22H16N4O5. The third kappa shape index (κ3) is 4.25. The van der Waals surface area contributed by atoms with Gasteiger partial charge in [-0.25, -0.2) is 14.6 Å². The number of carbonyl (C=O) groups is 2. The minimum atomic E-state index is -1.04. The molecular weight excluding hydrogens is 400 g/mol. The van der Waals surface area contributed by atoms with Crippen molar-refractivity contribution < 1.29 is 19.1 Å². The summed E-state index contributed by atoms with van der Waals surface area (Å²) in [4.78, 5) is 40.3. The third-order valence-corrected chi connectivity index (χ3v) is 4.48. The van der Waals surface area contributed by atoms with Gasteiger partial charge >= 0.3 is 12.0 Å². The number of aromatic nitrogens is 3. The molecule has 0 fully saturated rings. The van der Waals surface area contributed by atoms with Crippen molar-refractivity contribution in [3.63, 3.8) is 0 Å². The van der Waals surface area contributed by atoms with Crippen molar-refractivity contribution >= 4 is 12.0 Å². The predicted molar refractivity (Wildman–Crippen MR) is 110 cm³/mol. The topological polar surface area (TPSA) is 127 Å². The zero-order valence-corrected chi connectivity index (χ0v) is 16.1. The van der Waals surface area contributed by atoms with Crippen LogP contribution in [0.25, 0.3) is 22.8 Å². The molecule has 0 aliphatic carbocycles. The van der Waals surface area contributed by atoms with Crippen LogP contribution in [0.5, 0.6) is 0 Å². The molecule has 2 heterocycles. The average molecular weight is 416 g/mol. The van der Waals surface area contributed by atoms with Gasteiger partial charge in [0.05, 0.1) is 11.8 Å². The maximum Gasteiger partial charge on any atom is 0.345 e. The van der Waals surface area contributed by atoms with Gasteiger partial charge in [0, 0.05) is 18.3 Å². The van der Waals surface area contributed by atoms with Crippen LogP contribution in [0.3, 0.4) is 0 Å². The van der Waals surface area contributed by atoms with E-state index in [9.17, 15) is 14.4 Å². The Bertz CT molecular complexity index is 1290. The van der Waals surface area contributed by atoms with E-state index < -0.39 is 17.6 Å². The molecule has 9 nitrogen and oxygen atoms in total. The van der Waals surface area contributed by atoms with E-state index in [0.29, 0.717) is 16.0 Å². The van der Waals surface area contributed by atoms with E-state index in [1.807, 2.05) is 30.3 Å². The van der Waals surface area contributed by atoms with Gasteiger partial charge in [0.25, 0.3) is 5.56 Å². The number of carbonyl (C=O) groups excluding carboxylic acids is 1. The molecule has 0 aliphatic rings. The molecule has 1 amide bonds. The molecule has 0 saturated heterocycles. The lowest BCUT2D eigenvalue weighted by atomic mass is 10.1. The molecule has 9 heteroatoms. The summed E-state index contributed by atoms with van der Waals surface area (Å²) >= 11 is 0. The molecule has 0 radical (unpaired) electrons. The molecule has 0 atom stereocenters. The first-order valence-corrected chi connectivity index (χ1v) is 9.23. The van der Waals surface area contributed by atoms with Crippen molar-refractivity contribution in [1.82, 2.24) is 20.1 Å². The van der Waals surface area contributed by atoms with Crippen LogP contribution in [0.1, 0.15) is 15.9 Å². The minimum absolute atomic E-state index is 0.0806. The minimum Gasteiger partial charge on any atom is -0.478 e. The zero-order valence-electron chi connectivity index (χ0n) is 16.1. The Morgan fingerprint density at radius 2 is 1.77 bits per heavy atom. The van der Waals surface area contributed by atoms with Crippen molar-refractivity contribution in [1.29, 1.82) is 0 Å². The average Bonchev–Trinajstić information content (AvgIpc) is 3.28. The molecule has 0 bridgehead atoms. The first-order chi connectivity index (χ1) is 15.0. The normalized spacial score (nSPS) is 10.6. The zero-order chi connectivity index (χ0) is 21.8. The van der Waals surface area contributed by atoms with Crippen molar-refractivity contribution in [3.05, 3.63) is 94.5 Å². The van der Waals surface area contributed by atoms with Gasteiger partial charge in [-0.1, -0.05) is 42.5 Å². The highest BCUT2D eigenvalue weighted by Gasteiger charge is 2.17. The largest absolute Gasteiger partial charge is 0.478 e. The Kier molecular flexibility index (Phi) is 5.39. The summed E-state index contributed by atoms with van der Waals surface area (Å²) in [5.41, 5.74) is 1.03. The number of carboxylic acid groups (broad SMARTS) is 1. The standard InChI is InChI=1S/C22H16N4O5/c27-20-17(19-23-13-18(31-19)15-4-2-1-3-5-15)10-11-25-26(20)22(30)24-12-14-6-8-16(9-7-14)21(28)29/h1-11,13H,12H2,(H,24,30)(H,28,29). The number of hydrogen-bond acceptors (Lipinski definition) is 6. The first-order valence-electron chi connectivity index (χ1n) is 9.23. The van der Waals surface area contributed by atoms with E-state index in [2.05, 4.69) is 15.4 Å². The number of nitrogens with one attached hydrogen (secondary N) is 1. The van der Waals surface area contributed by atoms with E-state index in [4.69, 9.17) is 9.52 Å². The molecule has 4 rings (SSSR count). The lowest BCUT2D eigenvalue weighted by Crippen LogP contribution is -2.38. The number of nitrogens with zero attached hydrogens (tertiary/aromatic N) is 3. The Morgan fingerprint density at radius 1 is 1.03 bits per heavy atom. The Labute approximate surface area is 175 Å². The molecule has 0 spiro atoms. The fourth-order valence-corrected chi connectivity index (χ4v) is 2.87. The van der Waals surface area contributed by atoms with Crippen LogP contribution in [0.2, 0.25) is 0 Å². The van der Waals surface area contributed by atoms with Gasteiger partial charge in [-0.2, -0.15) is 5.10 Å². The molecule has 0 saturated carbocycles. The maximum absolute atomic E-state index is 12.8.